The van der Waals surface area contributed by atoms with Crippen molar-refractivity contribution in [2.45, 2.75) is 52.2 Å². The molecule has 1 aromatic rings. The number of carbonyl (C=O) groups is 3. The molecule has 0 radical (unpaired) electrons. The minimum absolute atomic E-state index is 0.120. The molecule has 0 aromatic heterocycles. The second-order valence-electron chi connectivity index (χ2n) is 9.46. The molecule has 0 aliphatic carbocycles. The standard InChI is InChI=1S/C23H32N2O6/c1-22(2,3)31-21(29)24-12-9-23(10-13-24)11-14-25(15-18(23)19(26)27)20(28)30-16-17-7-5-4-6-8-17/h4-8,18H,9-16H2,1-3H3,(H,26,27). The van der Waals surface area contributed by atoms with E-state index >= 15 is 0 Å². The van der Waals surface area contributed by atoms with Crippen LogP contribution in [0.2, 0.25) is 0 Å². The minimum Gasteiger partial charge on any atom is -0.481 e. The van der Waals surface area contributed by atoms with Crippen LogP contribution in [0.3, 0.4) is 0 Å². The van der Waals surface area contributed by atoms with Crippen molar-refractivity contribution in [1.29, 1.82) is 0 Å². The zero-order valence-corrected chi connectivity index (χ0v) is 18.5. The summed E-state index contributed by atoms with van der Waals surface area (Å²) in [5, 5.41) is 9.91. The first-order valence-corrected chi connectivity index (χ1v) is 10.8. The summed E-state index contributed by atoms with van der Waals surface area (Å²) >= 11 is 0. The molecule has 1 aromatic carbocycles. The van der Waals surface area contributed by atoms with Crippen LogP contribution in [-0.4, -0.2) is 64.8 Å². The number of piperidine rings is 2. The van der Waals surface area contributed by atoms with E-state index in [-0.39, 0.29) is 19.2 Å². The Labute approximate surface area is 183 Å². The summed E-state index contributed by atoms with van der Waals surface area (Å²) in [5.74, 6) is -1.60. The number of carbonyl (C=O) groups excluding carboxylic acids is 2. The van der Waals surface area contributed by atoms with Crippen molar-refractivity contribution in [3.8, 4) is 0 Å². The molecular formula is C23H32N2O6. The van der Waals surface area contributed by atoms with Gasteiger partial charge in [0.2, 0.25) is 0 Å². The molecule has 2 aliphatic heterocycles. The summed E-state index contributed by atoms with van der Waals surface area (Å²) in [6, 6.07) is 9.38. The van der Waals surface area contributed by atoms with Crippen LogP contribution in [0.15, 0.2) is 30.3 Å². The average molecular weight is 433 g/mol. The van der Waals surface area contributed by atoms with Gasteiger partial charge < -0.3 is 24.4 Å². The number of ether oxygens (including phenoxy) is 2. The van der Waals surface area contributed by atoms with Crippen molar-refractivity contribution in [3.05, 3.63) is 35.9 Å². The van der Waals surface area contributed by atoms with Crippen LogP contribution in [-0.2, 0) is 20.9 Å². The van der Waals surface area contributed by atoms with Crippen molar-refractivity contribution in [3.63, 3.8) is 0 Å². The molecule has 0 saturated carbocycles. The van der Waals surface area contributed by atoms with Crippen molar-refractivity contribution in [2.75, 3.05) is 26.2 Å². The van der Waals surface area contributed by atoms with Gasteiger partial charge in [0.05, 0.1) is 5.92 Å². The molecule has 8 nitrogen and oxygen atoms in total. The molecule has 31 heavy (non-hydrogen) atoms. The summed E-state index contributed by atoms with van der Waals surface area (Å²) in [7, 11) is 0. The summed E-state index contributed by atoms with van der Waals surface area (Å²) < 4.78 is 10.8. The van der Waals surface area contributed by atoms with Crippen molar-refractivity contribution in [2.24, 2.45) is 11.3 Å². The predicted molar refractivity (Wildman–Crippen MR) is 113 cm³/mol. The lowest BCUT2D eigenvalue weighted by Gasteiger charge is -2.49. The molecule has 2 saturated heterocycles. The second-order valence-corrected chi connectivity index (χ2v) is 9.46. The summed E-state index contributed by atoms with van der Waals surface area (Å²) in [6.07, 6.45) is 0.881. The highest BCUT2D eigenvalue weighted by molar-refractivity contribution is 5.74. The monoisotopic (exact) mass is 432 g/mol. The first kappa shape index (κ1) is 22.9. The van der Waals surface area contributed by atoms with Gasteiger partial charge >= 0.3 is 18.2 Å². The van der Waals surface area contributed by atoms with Crippen molar-refractivity contribution >= 4 is 18.2 Å². The predicted octanol–water partition coefficient (Wildman–Crippen LogP) is 3.75. The van der Waals surface area contributed by atoms with E-state index < -0.39 is 29.0 Å². The number of nitrogens with zero attached hydrogens (tertiary/aromatic N) is 2. The Morgan fingerprint density at radius 1 is 1.00 bits per heavy atom. The number of carboxylic acid groups (broad SMARTS) is 1. The maximum atomic E-state index is 12.5. The number of benzene rings is 1. The smallest absolute Gasteiger partial charge is 0.410 e. The molecular weight excluding hydrogens is 400 g/mol. The molecule has 170 valence electrons. The number of hydrogen-bond acceptors (Lipinski definition) is 5. The minimum atomic E-state index is -0.911. The van der Waals surface area contributed by atoms with Crippen LogP contribution in [0, 0.1) is 11.3 Å². The van der Waals surface area contributed by atoms with E-state index in [4.69, 9.17) is 9.47 Å². The number of carboxylic acids is 1. The van der Waals surface area contributed by atoms with Crippen LogP contribution >= 0.6 is 0 Å². The van der Waals surface area contributed by atoms with Gasteiger partial charge in [-0.3, -0.25) is 4.79 Å². The Hall–Kier alpha value is -2.77. The highest BCUT2D eigenvalue weighted by atomic mass is 16.6. The third-order valence-electron chi connectivity index (χ3n) is 6.19. The second kappa shape index (κ2) is 9.16. The normalized spacial score (nSPS) is 20.9. The Balaban J connectivity index is 1.58. The molecule has 2 fully saturated rings. The van der Waals surface area contributed by atoms with Gasteiger partial charge in [-0.05, 0) is 51.0 Å². The lowest BCUT2D eigenvalue weighted by molar-refractivity contribution is -0.152. The highest BCUT2D eigenvalue weighted by Gasteiger charge is 2.50. The Bertz CT molecular complexity index is 796. The molecule has 2 aliphatic rings. The van der Waals surface area contributed by atoms with Crippen molar-refractivity contribution in [1.82, 2.24) is 9.80 Å². The van der Waals surface area contributed by atoms with Crippen molar-refractivity contribution < 1.29 is 29.0 Å². The number of hydrogen-bond donors (Lipinski definition) is 1. The SMILES string of the molecule is CC(C)(C)OC(=O)N1CCC2(CCN(C(=O)OCc3ccccc3)CC2C(=O)O)CC1. The van der Waals surface area contributed by atoms with Gasteiger partial charge in [0.25, 0.3) is 0 Å². The number of rotatable bonds is 3. The van der Waals surface area contributed by atoms with Gasteiger partial charge in [-0.2, -0.15) is 0 Å². The lowest BCUT2D eigenvalue weighted by atomic mass is 9.64. The van der Waals surface area contributed by atoms with Crippen LogP contribution in [0.1, 0.15) is 45.6 Å². The van der Waals surface area contributed by atoms with Crippen LogP contribution in [0.4, 0.5) is 9.59 Å². The zero-order valence-electron chi connectivity index (χ0n) is 18.5. The van der Waals surface area contributed by atoms with E-state index in [9.17, 15) is 19.5 Å². The quantitative estimate of drug-likeness (QED) is 0.781. The van der Waals surface area contributed by atoms with E-state index in [1.54, 1.807) is 4.90 Å². The maximum Gasteiger partial charge on any atom is 0.410 e. The van der Waals surface area contributed by atoms with Gasteiger partial charge in [0.15, 0.2) is 0 Å². The average Bonchev–Trinajstić information content (AvgIpc) is 2.72. The zero-order chi connectivity index (χ0) is 22.6. The third-order valence-corrected chi connectivity index (χ3v) is 6.19. The molecule has 1 atom stereocenters. The van der Waals surface area contributed by atoms with E-state index in [0.29, 0.717) is 38.9 Å². The first-order chi connectivity index (χ1) is 14.6. The van der Waals surface area contributed by atoms with Gasteiger partial charge in [0, 0.05) is 26.2 Å². The molecule has 2 amide bonds. The third kappa shape index (κ3) is 5.68. The number of likely N-dealkylation sites (tertiary alicyclic amines) is 2. The first-order valence-electron chi connectivity index (χ1n) is 10.8. The Morgan fingerprint density at radius 3 is 2.13 bits per heavy atom. The number of amides is 2. The molecule has 2 heterocycles. The molecule has 0 bridgehead atoms. The molecule has 1 spiro atoms. The maximum absolute atomic E-state index is 12.5. The topological polar surface area (TPSA) is 96.4 Å². The summed E-state index contributed by atoms with van der Waals surface area (Å²) in [5.41, 5.74) is -0.115. The van der Waals surface area contributed by atoms with E-state index in [0.717, 1.165) is 5.56 Å². The fourth-order valence-electron chi connectivity index (χ4n) is 4.41. The number of aliphatic carboxylic acids is 1. The van der Waals surface area contributed by atoms with E-state index in [1.807, 2.05) is 51.1 Å². The molecule has 1 unspecified atom stereocenters. The van der Waals surface area contributed by atoms with Gasteiger partial charge in [-0.15, -0.1) is 0 Å². The van der Waals surface area contributed by atoms with Crippen LogP contribution in [0.25, 0.3) is 0 Å². The fourth-order valence-corrected chi connectivity index (χ4v) is 4.41. The van der Waals surface area contributed by atoms with Crippen LogP contribution < -0.4 is 0 Å². The highest BCUT2D eigenvalue weighted by Crippen LogP contribution is 2.45. The lowest BCUT2D eigenvalue weighted by Crippen LogP contribution is -2.56. The molecule has 8 heteroatoms. The Kier molecular flexibility index (Phi) is 6.77. The summed E-state index contributed by atoms with van der Waals surface area (Å²) in [6.45, 7) is 7.10. The Morgan fingerprint density at radius 2 is 1.58 bits per heavy atom. The largest absolute Gasteiger partial charge is 0.481 e. The van der Waals surface area contributed by atoms with Gasteiger partial charge in [-0.25, -0.2) is 9.59 Å². The molecule has 3 rings (SSSR count). The fraction of sp³-hybridized carbons (Fsp3) is 0.609. The molecule has 1 N–H and O–H groups in total. The van der Waals surface area contributed by atoms with Gasteiger partial charge in [0.1, 0.15) is 12.2 Å². The van der Waals surface area contributed by atoms with E-state index in [2.05, 4.69) is 0 Å². The van der Waals surface area contributed by atoms with E-state index in [1.165, 1.54) is 4.90 Å². The van der Waals surface area contributed by atoms with Gasteiger partial charge in [-0.1, -0.05) is 30.3 Å². The summed E-state index contributed by atoms with van der Waals surface area (Å²) in [4.78, 5) is 40.1. The van der Waals surface area contributed by atoms with Crippen LogP contribution in [0.5, 0.6) is 0 Å².